The normalized spacial score (nSPS) is 15.2. The molecule has 0 bridgehead atoms. The number of aliphatic hydroxyl groups is 1. The molecule has 1 N–H and O–H groups in total. The summed E-state index contributed by atoms with van der Waals surface area (Å²) in [7, 11) is 1.80. The Morgan fingerprint density at radius 3 is 2.56 bits per heavy atom. The van der Waals surface area contributed by atoms with Crippen LogP contribution >= 0.6 is 0 Å². The van der Waals surface area contributed by atoms with Gasteiger partial charge in [0.2, 0.25) is 0 Å². The van der Waals surface area contributed by atoms with Crippen molar-refractivity contribution in [2.75, 3.05) is 52.5 Å². The molecule has 32 heavy (non-hydrogen) atoms. The monoisotopic (exact) mass is 435 g/mol. The maximum atomic E-state index is 9.44. The molecule has 0 radical (unpaired) electrons. The first-order valence-corrected chi connectivity index (χ1v) is 11.0. The number of pyridine rings is 1. The molecule has 2 aromatic heterocycles. The predicted octanol–water partition coefficient (Wildman–Crippen LogP) is 1.59. The van der Waals surface area contributed by atoms with Gasteiger partial charge >= 0.3 is 0 Å². The smallest absolute Gasteiger partial charge is 0.170 e. The second-order valence-corrected chi connectivity index (χ2v) is 8.14. The molecule has 4 rings (SSSR count). The summed E-state index contributed by atoms with van der Waals surface area (Å²) >= 11 is 0. The Kier molecular flexibility index (Phi) is 6.95. The lowest BCUT2D eigenvalue weighted by Gasteiger charge is -2.34. The Bertz CT molecular complexity index is 1110. The highest BCUT2D eigenvalue weighted by Gasteiger charge is 2.16. The summed E-state index contributed by atoms with van der Waals surface area (Å²) in [6.07, 6.45) is 0.971. The average Bonchev–Trinajstić information content (AvgIpc) is 3.19. The van der Waals surface area contributed by atoms with E-state index in [0.717, 1.165) is 73.8 Å². The van der Waals surface area contributed by atoms with Crippen LogP contribution in [0.2, 0.25) is 0 Å². The first kappa shape index (κ1) is 22.1. The van der Waals surface area contributed by atoms with E-state index in [2.05, 4.69) is 31.2 Å². The van der Waals surface area contributed by atoms with Gasteiger partial charge in [0.05, 0.1) is 24.4 Å². The fraction of sp³-hybridized carbons (Fsp3) is 0.478. The number of aromatic nitrogens is 4. The van der Waals surface area contributed by atoms with Crippen LogP contribution in [0.5, 0.6) is 5.75 Å². The first-order valence-electron chi connectivity index (χ1n) is 11.0. The van der Waals surface area contributed by atoms with Gasteiger partial charge in [0.25, 0.3) is 0 Å². The van der Waals surface area contributed by atoms with Crippen LogP contribution in [0.1, 0.15) is 17.7 Å². The third-order valence-corrected chi connectivity index (χ3v) is 5.93. The summed E-state index contributed by atoms with van der Waals surface area (Å²) in [6, 6.07) is 10.0. The zero-order chi connectivity index (χ0) is 22.5. The van der Waals surface area contributed by atoms with Crippen molar-refractivity contribution in [3.63, 3.8) is 0 Å². The van der Waals surface area contributed by atoms with Crippen molar-refractivity contribution in [2.45, 2.75) is 13.3 Å². The Morgan fingerprint density at radius 1 is 1.12 bits per heavy atom. The summed E-state index contributed by atoms with van der Waals surface area (Å²) in [5, 5.41) is 26.5. The van der Waals surface area contributed by atoms with Gasteiger partial charge in [-0.05, 0) is 43.2 Å². The Balaban J connectivity index is 1.35. The van der Waals surface area contributed by atoms with Crippen molar-refractivity contribution in [3.8, 4) is 23.1 Å². The molecule has 0 atom stereocenters. The largest absolute Gasteiger partial charge is 0.493 e. The quantitative estimate of drug-likeness (QED) is 0.532. The molecule has 3 heterocycles. The Hall–Kier alpha value is -3.06. The van der Waals surface area contributed by atoms with Crippen molar-refractivity contribution in [2.24, 2.45) is 7.05 Å². The lowest BCUT2D eigenvalue weighted by molar-refractivity contribution is 0.108. The number of nitriles is 1. The minimum atomic E-state index is 0.233. The second-order valence-electron chi connectivity index (χ2n) is 8.14. The van der Waals surface area contributed by atoms with Crippen LogP contribution in [0, 0.1) is 18.3 Å². The first-order chi connectivity index (χ1) is 15.6. The number of benzene rings is 1. The molecule has 0 saturated carbocycles. The highest BCUT2D eigenvalue weighted by Crippen LogP contribution is 2.28. The zero-order valence-corrected chi connectivity index (χ0v) is 18.7. The maximum absolute atomic E-state index is 9.44. The van der Waals surface area contributed by atoms with Gasteiger partial charge in [0.15, 0.2) is 5.69 Å². The number of aliphatic hydroxyl groups excluding tert-OH is 1. The van der Waals surface area contributed by atoms with Gasteiger partial charge in [-0.15, -0.1) is 5.10 Å². The molecule has 0 amide bonds. The SMILES string of the molecule is Cc1cc(-c2cc3c(nnn3C)c(C#N)n2)ccc1OCCCN1CCN(CCO)CC1. The van der Waals surface area contributed by atoms with Gasteiger partial charge < -0.3 is 14.7 Å². The molecular weight excluding hydrogens is 406 g/mol. The number of fused-ring (bicyclic) bond motifs is 1. The van der Waals surface area contributed by atoms with E-state index in [9.17, 15) is 5.26 Å². The number of hydrogen-bond donors (Lipinski definition) is 1. The van der Waals surface area contributed by atoms with E-state index in [1.165, 1.54) is 0 Å². The minimum Gasteiger partial charge on any atom is -0.493 e. The average molecular weight is 436 g/mol. The second kappa shape index (κ2) is 10.0. The lowest BCUT2D eigenvalue weighted by Crippen LogP contribution is -2.47. The van der Waals surface area contributed by atoms with Gasteiger partial charge in [-0.3, -0.25) is 4.90 Å². The van der Waals surface area contributed by atoms with E-state index >= 15 is 0 Å². The van der Waals surface area contributed by atoms with Crippen LogP contribution in [0.15, 0.2) is 24.3 Å². The van der Waals surface area contributed by atoms with Crippen LogP contribution in [0.25, 0.3) is 22.3 Å². The lowest BCUT2D eigenvalue weighted by atomic mass is 10.1. The summed E-state index contributed by atoms with van der Waals surface area (Å²) < 4.78 is 7.68. The van der Waals surface area contributed by atoms with Crippen LogP contribution < -0.4 is 4.74 Å². The molecule has 1 aliphatic rings. The molecule has 0 aliphatic carbocycles. The van der Waals surface area contributed by atoms with Gasteiger partial charge in [0, 0.05) is 51.9 Å². The Morgan fingerprint density at radius 2 is 1.88 bits per heavy atom. The van der Waals surface area contributed by atoms with Crippen LogP contribution in [0.4, 0.5) is 0 Å². The van der Waals surface area contributed by atoms with Crippen molar-refractivity contribution < 1.29 is 9.84 Å². The number of ether oxygens (including phenoxy) is 1. The van der Waals surface area contributed by atoms with Crippen molar-refractivity contribution in [3.05, 3.63) is 35.5 Å². The molecule has 1 aliphatic heterocycles. The number of rotatable bonds is 8. The molecule has 0 unspecified atom stereocenters. The van der Waals surface area contributed by atoms with Crippen molar-refractivity contribution in [1.29, 1.82) is 5.26 Å². The van der Waals surface area contributed by atoms with Crippen LogP contribution in [-0.2, 0) is 7.05 Å². The number of aryl methyl sites for hydroxylation is 2. The number of hydrogen-bond acceptors (Lipinski definition) is 8. The fourth-order valence-corrected chi connectivity index (χ4v) is 4.07. The minimum absolute atomic E-state index is 0.233. The van der Waals surface area contributed by atoms with Gasteiger partial charge in [-0.2, -0.15) is 5.26 Å². The van der Waals surface area contributed by atoms with Gasteiger partial charge in [0.1, 0.15) is 17.3 Å². The molecule has 3 aromatic rings. The van der Waals surface area contributed by atoms with E-state index < -0.39 is 0 Å². The van der Waals surface area contributed by atoms with E-state index in [1.807, 2.05) is 31.2 Å². The van der Waals surface area contributed by atoms with Gasteiger partial charge in [-0.25, -0.2) is 9.67 Å². The topological polar surface area (TPSA) is 103 Å². The Labute approximate surface area is 187 Å². The third kappa shape index (κ3) is 4.88. The molecule has 1 fully saturated rings. The van der Waals surface area contributed by atoms with Crippen LogP contribution in [-0.4, -0.2) is 87.4 Å². The highest BCUT2D eigenvalue weighted by atomic mass is 16.5. The number of β-amino-alcohol motifs (C(OH)–C–C–N with tert-alkyl or cyclic N) is 1. The molecule has 9 nitrogen and oxygen atoms in total. The number of nitrogens with zero attached hydrogens (tertiary/aromatic N) is 7. The predicted molar refractivity (Wildman–Crippen MR) is 121 cm³/mol. The summed E-state index contributed by atoms with van der Waals surface area (Å²) in [5.41, 5.74) is 4.25. The van der Waals surface area contributed by atoms with Crippen molar-refractivity contribution >= 4 is 11.0 Å². The number of piperazine rings is 1. The zero-order valence-electron chi connectivity index (χ0n) is 18.7. The van der Waals surface area contributed by atoms with E-state index in [1.54, 1.807) is 11.7 Å². The van der Waals surface area contributed by atoms with Gasteiger partial charge in [-0.1, -0.05) is 5.21 Å². The maximum Gasteiger partial charge on any atom is 0.170 e. The van der Waals surface area contributed by atoms with E-state index in [-0.39, 0.29) is 12.3 Å². The molecule has 1 aromatic carbocycles. The van der Waals surface area contributed by atoms with Crippen LogP contribution in [0.3, 0.4) is 0 Å². The highest BCUT2D eigenvalue weighted by molar-refractivity contribution is 5.83. The summed E-state index contributed by atoms with van der Waals surface area (Å²) in [5.74, 6) is 0.866. The summed E-state index contributed by atoms with van der Waals surface area (Å²) in [4.78, 5) is 9.23. The summed E-state index contributed by atoms with van der Waals surface area (Å²) in [6.45, 7) is 8.83. The molecule has 0 spiro atoms. The fourth-order valence-electron chi connectivity index (χ4n) is 4.07. The molecule has 9 heteroatoms. The van der Waals surface area contributed by atoms with E-state index in [4.69, 9.17) is 9.84 Å². The molecule has 1 saturated heterocycles. The molecule has 168 valence electrons. The standard InChI is InChI=1S/C23H29N7O2/c1-17-14-18(19-15-21-23(20(16-24)25-19)26-27-28(21)2)4-5-22(17)32-13-3-6-29-7-9-30(10-8-29)11-12-31/h4-5,14-15,31H,3,6-13H2,1-2H3. The van der Waals surface area contributed by atoms with Crippen molar-refractivity contribution in [1.82, 2.24) is 29.8 Å². The third-order valence-electron chi connectivity index (χ3n) is 5.93. The molecular formula is C23H29N7O2. The van der Waals surface area contributed by atoms with E-state index in [0.29, 0.717) is 12.1 Å².